The Morgan fingerprint density at radius 3 is 2.73 bits per heavy atom. The quantitative estimate of drug-likeness (QED) is 0.824. The van der Waals surface area contributed by atoms with E-state index in [1.165, 1.54) is 6.07 Å². The van der Waals surface area contributed by atoms with Crippen LogP contribution in [0, 0.1) is 5.92 Å². The van der Waals surface area contributed by atoms with E-state index in [2.05, 4.69) is 5.10 Å². The lowest BCUT2D eigenvalue weighted by Gasteiger charge is -2.32. The number of hydrogen-bond donors (Lipinski definition) is 0. The molecule has 0 aliphatic carbocycles. The number of aromatic nitrogens is 2. The molecule has 0 radical (unpaired) electrons. The van der Waals surface area contributed by atoms with Gasteiger partial charge in [-0.3, -0.25) is 9.48 Å². The third-order valence-electron chi connectivity index (χ3n) is 4.88. The second kappa shape index (κ2) is 7.51. The van der Waals surface area contributed by atoms with Crippen molar-refractivity contribution in [2.24, 2.45) is 13.0 Å². The first-order valence-corrected chi connectivity index (χ1v) is 8.78. The number of piperidine rings is 1. The van der Waals surface area contributed by atoms with Crippen LogP contribution in [0.5, 0.6) is 0 Å². The lowest BCUT2D eigenvalue weighted by Crippen LogP contribution is -2.40. The van der Waals surface area contributed by atoms with E-state index in [9.17, 15) is 18.0 Å². The topological polar surface area (TPSA) is 38.1 Å². The Kier molecular flexibility index (Phi) is 5.34. The molecule has 1 aliphatic rings. The van der Waals surface area contributed by atoms with Crippen LogP contribution >= 0.6 is 0 Å². The molecule has 1 amide bonds. The van der Waals surface area contributed by atoms with Gasteiger partial charge in [0.1, 0.15) is 5.69 Å². The Balaban J connectivity index is 1.62. The number of hydrogen-bond acceptors (Lipinski definition) is 2. The molecule has 26 heavy (non-hydrogen) atoms. The first-order chi connectivity index (χ1) is 12.3. The minimum atomic E-state index is -4.33. The van der Waals surface area contributed by atoms with Crippen molar-refractivity contribution in [2.45, 2.75) is 31.9 Å². The molecule has 0 unspecified atom stereocenters. The van der Waals surface area contributed by atoms with Crippen molar-refractivity contribution in [3.63, 3.8) is 0 Å². The van der Waals surface area contributed by atoms with Gasteiger partial charge in [0.2, 0.25) is 0 Å². The van der Waals surface area contributed by atoms with Gasteiger partial charge in [0.25, 0.3) is 5.91 Å². The molecule has 2 aromatic rings. The van der Waals surface area contributed by atoms with E-state index in [1.807, 2.05) is 0 Å². The minimum absolute atomic E-state index is 0.106. The fraction of sp³-hybridized carbons (Fsp3) is 0.474. The fourth-order valence-electron chi connectivity index (χ4n) is 3.55. The second-order valence-corrected chi connectivity index (χ2v) is 6.83. The molecule has 1 atom stereocenters. The lowest BCUT2D eigenvalue weighted by molar-refractivity contribution is -0.138. The summed E-state index contributed by atoms with van der Waals surface area (Å²) in [6.07, 6.45) is 0.197. The van der Waals surface area contributed by atoms with Crippen LogP contribution in [0.1, 0.15) is 40.9 Å². The molecule has 1 aromatic carbocycles. The third kappa shape index (κ3) is 4.26. The Hall–Kier alpha value is -2.31. The largest absolute Gasteiger partial charge is 0.416 e. The van der Waals surface area contributed by atoms with Crippen LogP contribution in [-0.2, 0) is 19.6 Å². The number of halogens is 3. The van der Waals surface area contributed by atoms with E-state index < -0.39 is 11.7 Å². The van der Waals surface area contributed by atoms with E-state index in [0.29, 0.717) is 37.2 Å². The van der Waals surface area contributed by atoms with Crippen LogP contribution in [0.3, 0.4) is 0 Å². The number of amides is 1. The monoisotopic (exact) mass is 365 g/mol. The summed E-state index contributed by atoms with van der Waals surface area (Å²) in [4.78, 5) is 14.3. The molecule has 0 N–H and O–H groups in total. The van der Waals surface area contributed by atoms with Gasteiger partial charge in [-0.2, -0.15) is 18.3 Å². The summed E-state index contributed by atoms with van der Waals surface area (Å²) in [6, 6.07) is 7.42. The molecule has 0 spiro atoms. The number of alkyl halides is 3. The Labute approximate surface area is 150 Å². The molecule has 140 valence electrons. The molecule has 1 fully saturated rings. The van der Waals surface area contributed by atoms with Crippen molar-refractivity contribution in [1.82, 2.24) is 14.7 Å². The van der Waals surface area contributed by atoms with E-state index >= 15 is 0 Å². The molecule has 1 aromatic heterocycles. The van der Waals surface area contributed by atoms with E-state index in [4.69, 9.17) is 0 Å². The number of benzene rings is 1. The Bertz CT molecular complexity index is 769. The van der Waals surface area contributed by atoms with Crippen LogP contribution in [0.2, 0.25) is 0 Å². The highest BCUT2D eigenvalue weighted by Gasteiger charge is 2.33. The van der Waals surface area contributed by atoms with E-state index in [1.54, 1.807) is 41.0 Å². The van der Waals surface area contributed by atoms with Crippen LogP contribution < -0.4 is 0 Å². The first kappa shape index (κ1) is 18.5. The molecule has 1 aliphatic heterocycles. The highest BCUT2D eigenvalue weighted by Crippen LogP contribution is 2.33. The molecule has 4 nitrogen and oxygen atoms in total. The van der Waals surface area contributed by atoms with Crippen molar-refractivity contribution >= 4 is 5.91 Å². The van der Waals surface area contributed by atoms with Gasteiger partial charge in [-0.1, -0.05) is 18.2 Å². The normalized spacial score (nSPS) is 18.2. The fourth-order valence-corrected chi connectivity index (χ4v) is 3.55. The Morgan fingerprint density at radius 2 is 2.04 bits per heavy atom. The van der Waals surface area contributed by atoms with Gasteiger partial charge in [0, 0.05) is 26.3 Å². The number of nitrogens with zero attached hydrogens (tertiary/aromatic N) is 3. The summed E-state index contributed by atoms with van der Waals surface area (Å²) in [7, 11) is 1.76. The zero-order chi connectivity index (χ0) is 18.7. The number of carbonyl (C=O) groups is 1. The van der Waals surface area contributed by atoms with E-state index in [-0.39, 0.29) is 11.8 Å². The zero-order valence-corrected chi connectivity index (χ0v) is 14.7. The first-order valence-electron chi connectivity index (χ1n) is 8.78. The van der Waals surface area contributed by atoms with Crippen LogP contribution in [0.15, 0.2) is 36.5 Å². The molecular formula is C19H22F3N3O. The van der Waals surface area contributed by atoms with Gasteiger partial charge < -0.3 is 4.90 Å². The molecule has 2 heterocycles. The highest BCUT2D eigenvalue weighted by molar-refractivity contribution is 5.92. The van der Waals surface area contributed by atoms with Crippen molar-refractivity contribution in [2.75, 3.05) is 13.1 Å². The summed E-state index contributed by atoms with van der Waals surface area (Å²) in [5, 5.41) is 4.14. The van der Waals surface area contributed by atoms with Crippen LogP contribution in [0.25, 0.3) is 0 Å². The number of likely N-dealkylation sites (tertiary alicyclic amines) is 1. The molecule has 3 rings (SSSR count). The van der Waals surface area contributed by atoms with Crippen molar-refractivity contribution in [1.29, 1.82) is 0 Å². The molecule has 0 saturated carbocycles. The van der Waals surface area contributed by atoms with Crippen LogP contribution in [0.4, 0.5) is 13.2 Å². The third-order valence-corrected chi connectivity index (χ3v) is 4.88. The summed E-state index contributed by atoms with van der Waals surface area (Å²) in [5.41, 5.74) is 0.181. The second-order valence-electron chi connectivity index (χ2n) is 6.83. The number of carbonyl (C=O) groups excluding carboxylic acids is 1. The summed E-state index contributed by atoms with van der Waals surface area (Å²) in [5.74, 6) is 0.101. The van der Waals surface area contributed by atoms with E-state index in [0.717, 1.165) is 18.9 Å². The van der Waals surface area contributed by atoms with Crippen LogP contribution in [-0.4, -0.2) is 33.7 Å². The molecule has 7 heteroatoms. The lowest BCUT2D eigenvalue weighted by atomic mass is 9.90. The molecule has 0 bridgehead atoms. The highest BCUT2D eigenvalue weighted by atomic mass is 19.4. The number of rotatable bonds is 4. The van der Waals surface area contributed by atoms with Gasteiger partial charge in [-0.15, -0.1) is 0 Å². The Morgan fingerprint density at radius 1 is 1.27 bits per heavy atom. The summed E-state index contributed by atoms with van der Waals surface area (Å²) in [6.45, 7) is 1.24. The summed E-state index contributed by atoms with van der Waals surface area (Å²) >= 11 is 0. The van der Waals surface area contributed by atoms with Gasteiger partial charge in [-0.05, 0) is 49.3 Å². The van der Waals surface area contributed by atoms with Gasteiger partial charge in [0.05, 0.1) is 5.56 Å². The smallest absolute Gasteiger partial charge is 0.337 e. The maximum Gasteiger partial charge on any atom is 0.416 e. The predicted octanol–water partition coefficient (Wildman–Crippen LogP) is 3.92. The van der Waals surface area contributed by atoms with Gasteiger partial charge in [0.15, 0.2) is 0 Å². The minimum Gasteiger partial charge on any atom is -0.337 e. The maximum absolute atomic E-state index is 13.1. The zero-order valence-electron chi connectivity index (χ0n) is 14.7. The molecular weight excluding hydrogens is 343 g/mol. The van der Waals surface area contributed by atoms with Crippen molar-refractivity contribution in [3.05, 3.63) is 53.3 Å². The molecule has 1 saturated heterocycles. The summed E-state index contributed by atoms with van der Waals surface area (Å²) < 4.78 is 40.9. The predicted molar refractivity (Wildman–Crippen MR) is 91.6 cm³/mol. The van der Waals surface area contributed by atoms with Gasteiger partial charge >= 0.3 is 6.18 Å². The van der Waals surface area contributed by atoms with Gasteiger partial charge in [-0.25, -0.2) is 0 Å². The maximum atomic E-state index is 13.1. The SMILES string of the molecule is Cn1ccc(C(=O)N2CCC[C@@H](CCc3ccccc3C(F)(F)F)C2)n1. The van der Waals surface area contributed by atoms with Crippen molar-refractivity contribution in [3.8, 4) is 0 Å². The average Bonchev–Trinajstić information content (AvgIpc) is 3.05. The van der Waals surface area contributed by atoms with Crippen molar-refractivity contribution < 1.29 is 18.0 Å². The number of aryl methyl sites for hydroxylation is 2. The standard InChI is InChI=1S/C19H22F3N3O/c1-24-12-10-17(23-24)18(26)25-11-4-5-14(13-25)8-9-15-6-2-3-7-16(15)19(20,21)22/h2-3,6-7,10,12,14H,4-5,8-9,11,13H2,1H3/t14-/m0/s1. The average molecular weight is 365 g/mol.